The number of nitrogens with zero attached hydrogens (tertiary/aromatic N) is 1. The lowest BCUT2D eigenvalue weighted by atomic mass is 9.99. The summed E-state index contributed by atoms with van der Waals surface area (Å²) >= 11 is 0. The van der Waals surface area contributed by atoms with Crippen molar-refractivity contribution >= 4 is 15.9 Å². The molecule has 1 aliphatic rings. The quantitative estimate of drug-likeness (QED) is 0.248. The van der Waals surface area contributed by atoms with Gasteiger partial charge in [-0.1, -0.05) is 30.3 Å². The maximum atomic E-state index is 11.5. The SMILES string of the molecule is CS(=O)(=O)NC(CCO[C@@H]1O[C@H](CO)[C@@H](O)[C@H](O)[C@H]1O)=NCc1ccccc1. The molecule has 0 saturated carbocycles. The van der Waals surface area contributed by atoms with E-state index in [1.165, 1.54) is 0 Å². The second kappa shape index (κ2) is 10.3. The fraction of sp³-hybridized carbons (Fsp3) is 0.588. The summed E-state index contributed by atoms with van der Waals surface area (Å²) in [6.07, 6.45) is -5.84. The highest BCUT2D eigenvalue weighted by atomic mass is 32.2. The molecule has 1 aromatic carbocycles. The Bertz CT molecular complexity index is 741. The third-order valence-corrected chi connectivity index (χ3v) is 4.67. The standard InChI is InChI=1S/C17H26N2O8S/c1-28(24,25)19-13(18-9-11-5-3-2-4-6-11)7-8-26-17-16(23)15(22)14(21)12(10-20)27-17/h2-6,12,14-17,20-23H,7-10H2,1H3,(H,18,19)/t12-,14-,15+,16-,17-/m1/s1. The van der Waals surface area contributed by atoms with Crippen LogP contribution in [0.4, 0.5) is 0 Å². The number of sulfonamides is 1. The Kier molecular flexibility index (Phi) is 8.31. The third kappa shape index (κ3) is 6.78. The van der Waals surface area contributed by atoms with Crippen LogP contribution in [0.1, 0.15) is 12.0 Å². The molecule has 0 radical (unpaired) electrons. The van der Waals surface area contributed by atoms with Gasteiger partial charge in [0.05, 0.1) is 26.0 Å². The molecule has 0 amide bonds. The van der Waals surface area contributed by atoms with Crippen LogP contribution in [0.2, 0.25) is 0 Å². The molecule has 1 aliphatic heterocycles. The maximum absolute atomic E-state index is 11.5. The molecule has 10 nitrogen and oxygen atoms in total. The van der Waals surface area contributed by atoms with Crippen molar-refractivity contribution in [2.45, 2.75) is 43.7 Å². The van der Waals surface area contributed by atoms with Crippen LogP contribution < -0.4 is 4.72 Å². The van der Waals surface area contributed by atoms with Gasteiger partial charge in [0.25, 0.3) is 0 Å². The third-order valence-electron chi connectivity index (χ3n) is 4.07. The first-order chi connectivity index (χ1) is 13.2. The fourth-order valence-corrected chi connectivity index (χ4v) is 3.22. The number of aliphatic imine (C=N–C) groups is 1. The number of rotatable bonds is 8. The van der Waals surface area contributed by atoms with Gasteiger partial charge >= 0.3 is 0 Å². The minimum Gasteiger partial charge on any atom is -0.394 e. The zero-order chi connectivity index (χ0) is 20.7. The minimum atomic E-state index is -3.55. The summed E-state index contributed by atoms with van der Waals surface area (Å²) in [4.78, 5) is 4.25. The van der Waals surface area contributed by atoms with E-state index in [1.807, 2.05) is 30.3 Å². The molecular formula is C17H26N2O8S. The van der Waals surface area contributed by atoms with E-state index in [0.29, 0.717) is 0 Å². The number of ether oxygens (including phenoxy) is 2. The van der Waals surface area contributed by atoms with Gasteiger partial charge < -0.3 is 29.9 Å². The number of aliphatic hydroxyl groups is 4. The number of hydrogen-bond acceptors (Lipinski definition) is 9. The van der Waals surface area contributed by atoms with E-state index in [9.17, 15) is 28.8 Å². The van der Waals surface area contributed by atoms with Gasteiger partial charge in [-0.05, 0) is 5.56 Å². The van der Waals surface area contributed by atoms with Crippen LogP contribution in [-0.4, -0.2) is 84.9 Å². The Hall–Kier alpha value is -1.60. The Balaban J connectivity index is 1.96. The molecule has 0 bridgehead atoms. The van der Waals surface area contributed by atoms with Crippen molar-refractivity contribution in [1.29, 1.82) is 0 Å². The molecule has 0 aliphatic carbocycles. The van der Waals surface area contributed by atoms with Crippen LogP contribution in [0.25, 0.3) is 0 Å². The molecule has 2 rings (SSSR count). The topological polar surface area (TPSA) is 158 Å². The van der Waals surface area contributed by atoms with Crippen LogP contribution in [-0.2, 0) is 26.0 Å². The predicted molar refractivity (Wildman–Crippen MR) is 99.9 cm³/mol. The molecule has 1 fully saturated rings. The fourth-order valence-electron chi connectivity index (χ4n) is 2.62. The molecule has 0 aromatic heterocycles. The van der Waals surface area contributed by atoms with Crippen LogP contribution >= 0.6 is 0 Å². The van der Waals surface area contributed by atoms with E-state index in [0.717, 1.165) is 11.8 Å². The number of aliphatic hydroxyl groups excluding tert-OH is 4. The zero-order valence-electron chi connectivity index (χ0n) is 15.4. The predicted octanol–water partition coefficient (Wildman–Crippen LogP) is -1.66. The zero-order valence-corrected chi connectivity index (χ0v) is 16.2. The Morgan fingerprint density at radius 1 is 1.18 bits per heavy atom. The van der Waals surface area contributed by atoms with Crippen molar-refractivity contribution in [2.24, 2.45) is 4.99 Å². The van der Waals surface area contributed by atoms with E-state index >= 15 is 0 Å². The first-order valence-corrected chi connectivity index (χ1v) is 10.6. The van der Waals surface area contributed by atoms with Crippen molar-refractivity contribution in [2.75, 3.05) is 19.5 Å². The lowest BCUT2D eigenvalue weighted by Gasteiger charge is -2.39. The molecule has 11 heteroatoms. The van der Waals surface area contributed by atoms with Gasteiger partial charge in [-0.15, -0.1) is 0 Å². The van der Waals surface area contributed by atoms with E-state index in [1.54, 1.807) is 0 Å². The monoisotopic (exact) mass is 418 g/mol. The molecule has 1 aromatic rings. The average molecular weight is 418 g/mol. The van der Waals surface area contributed by atoms with Crippen molar-refractivity contribution < 1.29 is 38.3 Å². The van der Waals surface area contributed by atoms with Crippen molar-refractivity contribution in [3.8, 4) is 0 Å². The van der Waals surface area contributed by atoms with E-state index < -0.39 is 47.3 Å². The molecule has 1 heterocycles. The molecule has 158 valence electrons. The summed E-state index contributed by atoms with van der Waals surface area (Å²) in [5, 5.41) is 38.6. The largest absolute Gasteiger partial charge is 0.394 e. The van der Waals surface area contributed by atoms with Crippen molar-refractivity contribution in [3.05, 3.63) is 35.9 Å². The van der Waals surface area contributed by atoms with E-state index in [-0.39, 0.29) is 25.4 Å². The highest BCUT2D eigenvalue weighted by molar-refractivity contribution is 7.89. The van der Waals surface area contributed by atoms with Crippen LogP contribution in [0.5, 0.6) is 0 Å². The number of amidine groups is 1. The summed E-state index contributed by atoms with van der Waals surface area (Å²) in [7, 11) is -3.55. The summed E-state index contributed by atoms with van der Waals surface area (Å²) in [5.74, 6) is 0.163. The van der Waals surface area contributed by atoms with Crippen LogP contribution in [0.3, 0.4) is 0 Å². The molecule has 1 saturated heterocycles. The van der Waals surface area contributed by atoms with Gasteiger partial charge in [-0.2, -0.15) is 0 Å². The molecule has 5 N–H and O–H groups in total. The Labute approximate surface area is 163 Å². The second-order valence-corrected chi connectivity index (χ2v) is 8.19. The highest BCUT2D eigenvalue weighted by Crippen LogP contribution is 2.22. The molecule has 28 heavy (non-hydrogen) atoms. The molecular weight excluding hydrogens is 392 g/mol. The van der Waals surface area contributed by atoms with Crippen molar-refractivity contribution in [1.82, 2.24) is 4.72 Å². The average Bonchev–Trinajstić information content (AvgIpc) is 2.65. The van der Waals surface area contributed by atoms with Crippen molar-refractivity contribution in [3.63, 3.8) is 0 Å². The first-order valence-electron chi connectivity index (χ1n) is 8.68. The van der Waals surface area contributed by atoms with Crippen LogP contribution in [0, 0.1) is 0 Å². The molecule has 5 atom stereocenters. The van der Waals surface area contributed by atoms with Gasteiger partial charge in [-0.25, -0.2) is 8.42 Å². The van der Waals surface area contributed by atoms with E-state index in [2.05, 4.69) is 9.71 Å². The first kappa shape index (κ1) is 22.7. The van der Waals surface area contributed by atoms with Gasteiger partial charge in [0.2, 0.25) is 10.0 Å². The Morgan fingerprint density at radius 2 is 1.86 bits per heavy atom. The minimum absolute atomic E-state index is 0.0644. The number of hydrogen-bond donors (Lipinski definition) is 5. The van der Waals surface area contributed by atoms with E-state index in [4.69, 9.17) is 9.47 Å². The smallest absolute Gasteiger partial charge is 0.230 e. The summed E-state index contributed by atoms with van der Waals surface area (Å²) in [5.41, 5.74) is 0.894. The highest BCUT2D eigenvalue weighted by Gasteiger charge is 2.43. The maximum Gasteiger partial charge on any atom is 0.230 e. The lowest BCUT2D eigenvalue weighted by Crippen LogP contribution is -2.59. The molecule has 0 unspecified atom stereocenters. The lowest BCUT2D eigenvalue weighted by molar-refractivity contribution is -0.300. The van der Waals surface area contributed by atoms with Gasteiger partial charge in [-0.3, -0.25) is 9.71 Å². The number of benzene rings is 1. The second-order valence-electron chi connectivity index (χ2n) is 6.44. The summed E-state index contributed by atoms with van der Waals surface area (Å²) < 4.78 is 36.0. The summed E-state index contributed by atoms with van der Waals surface area (Å²) in [6.45, 7) is -0.387. The summed E-state index contributed by atoms with van der Waals surface area (Å²) in [6, 6.07) is 9.25. The van der Waals surface area contributed by atoms with Gasteiger partial charge in [0.1, 0.15) is 30.3 Å². The Morgan fingerprint density at radius 3 is 2.46 bits per heavy atom. The molecule has 0 spiro atoms. The van der Waals surface area contributed by atoms with Crippen LogP contribution in [0.15, 0.2) is 35.3 Å². The normalized spacial score (nSPS) is 28.9. The van der Waals surface area contributed by atoms with Gasteiger partial charge in [0.15, 0.2) is 6.29 Å². The van der Waals surface area contributed by atoms with Gasteiger partial charge in [0, 0.05) is 6.42 Å². The number of nitrogens with one attached hydrogen (secondary N) is 1.